The highest BCUT2D eigenvalue weighted by atomic mass is 35.5. The topological polar surface area (TPSA) is 24.9 Å². The summed E-state index contributed by atoms with van der Waals surface area (Å²) in [4.78, 5) is 5.45. The predicted octanol–water partition coefficient (Wildman–Crippen LogP) is 2.16. The van der Waals surface area contributed by atoms with Crippen molar-refractivity contribution in [2.24, 2.45) is 0 Å². The van der Waals surface area contributed by atoms with Crippen LogP contribution in [0, 0.1) is 0 Å². The van der Waals surface area contributed by atoms with Crippen LogP contribution in [0.25, 0.3) is 0 Å². The molecule has 0 bridgehead atoms. The van der Waals surface area contributed by atoms with Gasteiger partial charge in [-0.25, -0.2) is 0 Å². The quantitative estimate of drug-likeness (QED) is 0.871. The average Bonchev–Trinajstić information content (AvgIpc) is 2.74. The minimum absolute atomic E-state index is 0. The van der Waals surface area contributed by atoms with Gasteiger partial charge in [0.2, 0.25) is 0 Å². The van der Waals surface area contributed by atoms with Crippen LogP contribution in [0.4, 0.5) is 0 Å². The molecular weight excluding hydrogens is 224 g/mol. The van der Waals surface area contributed by atoms with Crippen LogP contribution >= 0.6 is 35.5 Å². The fraction of sp³-hybridized carbons (Fsp3) is 0.625. The first-order valence-electron chi connectivity index (χ1n) is 4.15. The highest BCUT2D eigenvalue weighted by Gasteiger charge is 2.14. The molecule has 0 aromatic carbocycles. The average molecular weight is 237 g/mol. The third kappa shape index (κ3) is 3.46. The molecule has 1 aliphatic rings. The summed E-state index contributed by atoms with van der Waals surface area (Å²) in [5, 5.41) is 4.20. The highest BCUT2D eigenvalue weighted by Crippen LogP contribution is 2.23. The molecule has 2 heterocycles. The molecule has 0 aliphatic carbocycles. The van der Waals surface area contributed by atoms with Crippen LogP contribution in [0.2, 0.25) is 0 Å². The van der Waals surface area contributed by atoms with Crippen LogP contribution < -0.4 is 5.32 Å². The Balaban J connectivity index is 0.000000845. The van der Waals surface area contributed by atoms with E-state index in [0.29, 0.717) is 0 Å². The fourth-order valence-electron chi connectivity index (χ4n) is 1.28. The van der Waals surface area contributed by atoms with Gasteiger partial charge in [0.25, 0.3) is 0 Å². The monoisotopic (exact) mass is 236 g/mol. The lowest BCUT2D eigenvalue weighted by molar-refractivity contribution is 0.858. The number of aromatic nitrogens is 1. The Morgan fingerprint density at radius 2 is 2.62 bits per heavy atom. The van der Waals surface area contributed by atoms with E-state index >= 15 is 0 Å². The molecule has 0 saturated carbocycles. The Labute approximate surface area is 92.9 Å². The SMILES string of the molecule is Cl.c1ncc(CS[C@H]2CCNC2)s1. The van der Waals surface area contributed by atoms with Crippen LogP contribution in [0.5, 0.6) is 0 Å². The van der Waals surface area contributed by atoms with E-state index in [2.05, 4.69) is 10.3 Å². The molecule has 1 aliphatic heterocycles. The zero-order chi connectivity index (χ0) is 8.23. The van der Waals surface area contributed by atoms with E-state index in [0.717, 1.165) is 11.0 Å². The summed E-state index contributed by atoms with van der Waals surface area (Å²) in [6.45, 7) is 2.38. The molecule has 1 N–H and O–H groups in total. The molecule has 0 radical (unpaired) electrons. The van der Waals surface area contributed by atoms with Gasteiger partial charge in [0.15, 0.2) is 0 Å². The predicted molar refractivity (Wildman–Crippen MR) is 61.9 cm³/mol. The van der Waals surface area contributed by atoms with Crippen LogP contribution in [-0.4, -0.2) is 23.3 Å². The molecule has 2 rings (SSSR count). The molecule has 13 heavy (non-hydrogen) atoms. The van der Waals surface area contributed by atoms with Gasteiger partial charge >= 0.3 is 0 Å². The van der Waals surface area contributed by atoms with Crippen LogP contribution in [-0.2, 0) is 5.75 Å². The second-order valence-electron chi connectivity index (χ2n) is 2.89. The smallest absolute Gasteiger partial charge is 0.0794 e. The van der Waals surface area contributed by atoms with Gasteiger partial charge in [-0.1, -0.05) is 0 Å². The molecule has 74 valence electrons. The largest absolute Gasteiger partial charge is 0.316 e. The summed E-state index contributed by atoms with van der Waals surface area (Å²) >= 11 is 3.80. The van der Waals surface area contributed by atoms with E-state index in [1.165, 1.54) is 24.4 Å². The lowest BCUT2D eigenvalue weighted by Gasteiger charge is -2.05. The Morgan fingerprint density at radius 3 is 3.23 bits per heavy atom. The van der Waals surface area contributed by atoms with Crippen molar-refractivity contribution in [2.45, 2.75) is 17.4 Å². The second-order valence-corrected chi connectivity index (χ2v) is 5.15. The van der Waals surface area contributed by atoms with Gasteiger partial charge in [0, 0.05) is 28.6 Å². The number of nitrogens with zero attached hydrogens (tertiary/aromatic N) is 1. The van der Waals surface area contributed by atoms with E-state index in [1.54, 1.807) is 11.3 Å². The van der Waals surface area contributed by atoms with Gasteiger partial charge in [-0.05, 0) is 13.0 Å². The van der Waals surface area contributed by atoms with E-state index in [4.69, 9.17) is 0 Å². The molecule has 0 unspecified atom stereocenters. The van der Waals surface area contributed by atoms with E-state index < -0.39 is 0 Å². The number of nitrogens with one attached hydrogen (secondary N) is 1. The van der Waals surface area contributed by atoms with E-state index in [-0.39, 0.29) is 12.4 Å². The van der Waals surface area contributed by atoms with E-state index in [1.807, 2.05) is 23.5 Å². The molecule has 1 aromatic rings. The summed E-state index contributed by atoms with van der Waals surface area (Å²) < 4.78 is 0. The van der Waals surface area contributed by atoms with Crippen molar-refractivity contribution in [2.75, 3.05) is 13.1 Å². The second kappa shape index (κ2) is 5.86. The molecule has 5 heteroatoms. The lowest BCUT2D eigenvalue weighted by atomic mass is 10.4. The van der Waals surface area contributed by atoms with Crippen molar-refractivity contribution in [3.05, 3.63) is 16.6 Å². The Bertz CT molecular complexity index is 222. The minimum atomic E-state index is 0. The summed E-state index contributed by atoms with van der Waals surface area (Å²) in [5.74, 6) is 1.14. The van der Waals surface area contributed by atoms with Gasteiger partial charge in [0.1, 0.15) is 0 Å². The Kier molecular flexibility index (Phi) is 5.09. The molecule has 1 saturated heterocycles. The Morgan fingerprint density at radius 1 is 1.69 bits per heavy atom. The number of hydrogen-bond acceptors (Lipinski definition) is 4. The first-order valence-corrected chi connectivity index (χ1v) is 6.07. The maximum Gasteiger partial charge on any atom is 0.0794 e. The van der Waals surface area contributed by atoms with Crippen molar-refractivity contribution in [3.8, 4) is 0 Å². The molecule has 0 spiro atoms. The summed E-state index contributed by atoms with van der Waals surface area (Å²) in [6, 6.07) is 0. The number of thioether (sulfide) groups is 1. The summed E-state index contributed by atoms with van der Waals surface area (Å²) in [6.07, 6.45) is 3.30. The zero-order valence-corrected chi connectivity index (χ0v) is 9.68. The minimum Gasteiger partial charge on any atom is -0.316 e. The first-order chi connectivity index (χ1) is 5.95. The van der Waals surface area contributed by atoms with Crippen molar-refractivity contribution in [3.63, 3.8) is 0 Å². The van der Waals surface area contributed by atoms with Crippen molar-refractivity contribution in [1.82, 2.24) is 10.3 Å². The first kappa shape index (κ1) is 11.3. The van der Waals surface area contributed by atoms with Crippen LogP contribution in [0.3, 0.4) is 0 Å². The lowest BCUT2D eigenvalue weighted by Crippen LogP contribution is -2.10. The fourth-order valence-corrected chi connectivity index (χ4v) is 3.13. The number of hydrogen-bond donors (Lipinski definition) is 1. The van der Waals surface area contributed by atoms with Gasteiger partial charge in [-0.15, -0.1) is 23.7 Å². The standard InChI is InChI=1S/C8H12N2S2.ClH/c1-2-9-3-7(1)11-5-8-4-10-6-12-8;/h4,6-7,9H,1-3,5H2;1H/t7-;/m0./s1. The van der Waals surface area contributed by atoms with Crippen molar-refractivity contribution < 1.29 is 0 Å². The van der Waals surface area contributed by atoms with Gasteiger partial charge in [-0.2, -0.15) is 11.8 Å². The van der Waals surface area contributed by atoms with Gasteiger partial charge in [0.05, 0.1) is 5.51 Å². The molecule has 1 aromatic heterocycles. The van der Waals surface area contributed by atoms with Gasteiger partial charge < -0.3 is 5.32 Å². The highest BCUT2D eigenvalue weighted by molar-refractivity contribution is 7.99. The molecule has 0 amide bonds. The zero-order valence-electron chi connectivity index (χ0n) is 7.23. The molecule has 1 fully saturated rings. The third-order valence-electron chi connectivity index (χ3n) is 1.96. The maximum absolute atomic E-state index is 4.06. The van der Waals surface area contributed by atoms with Gasteiger partial charge in [-0.3, -0.25) is 4.98 Å². The molecule has 2 nitrogen and oxygen atoms in total. The van der Waals surface area contributed by atoms with Crippen LogP contribution in [0.1, 0.15) is 11.3 Å². The summed E-state index contributed by atoms with van der Waals surface area (Å²) in [5.41, 5.74) is 1.91. The normalized spacial score (nSPS) is 21.4. The number of rotatable bonds is 3. The third-order valence-corrected chi connectivity index (χ3v) is 4.27. The van der Waals surface area contributed by atoms with Crippen molar-refractivity contribution >= 4 is 35.5 Å². The number of halogens is 1. The molecule has 1 atom stereocenters. The maximum atomic E-state index is 4.06. The Hall–Kier alpha value is 0.230. The van der Waals surface area contributed by atoms with Crippen molar-refractivity contribution in [1.29, 1.82) is 0 Å². The molecular formula is C8H13ClN2S2. The van der Waals surface area contributed by atoms with Crippen LogP contribution in [0.15, 0.2) is 11.7 Å². The number of thiazole rings is 1. The summed E-state index contributed by atoms with van der Waals surface area (Å²) in [7, 11) is 0. The van der Waals surface area contributed by atoms with E-state index in [9.17, 15) is 0 Å².